The number of piperazine rings is 1. The summed E-state index contributed by atoms with van der Waals surface area (Å²) in [7, 11) is 1.69. The van der Waals surface area contributed by atoms with Crippen LogP contribution in [-0.2, 0) is 16.4 Å². The van der Waals surface area contributed by atoms with Crippen molar-refractivity contribution in [3.05, 3.63) is 48.0 Å². The van der Waals surface area contributed by atoms with Gasteiger partial charge in [0, 0.05) is 38.9 Å². The second-order valence-electron chi connectivity index (χ2n) is 9.94. The quantitative estimate of drug-likeness (QED) is 0.580. The Kier molecular flexibility index (Phi) is 5.15. The van der Waals surface area contributed by atoms with Gasteiger partial charge >= 0.3 is 7.12 Å². The van der Waals surface area contributed by atoms with Gasteiger partial charge in [-0.05, 0) is 63.5 Å². The second kappa shape index (κ2) is 7.79. The Bertz CT molecular complexity index is 1200. The molecule has 5 rings (SSSR count). The summed E-state index contributed by atoms with van der Waals surface area (Å²) in [4.78, 5) is 9.55. The number of rotatable bonds is 3. The third-order valence-electron chi connectivity index (χ3n) is 7.33. The predicted molar refractivity (Wildman–Crippen MR) is 132 cm³/mol. The Morgan fingerprint density at radius 2 is 1.52 bits per heavy atom. The highest BCUT2D eigenvalue weighted by molar-refractivity contribution is 6.62. The van der Waals surface area contributed by atoms with Crippen molar-refractivity contribution in [3.63, 3.8) is 0 Å². The maximum Gasteiger partial charge on any atom is 0.494 e. The van der Waals surface area contributed by atoms with Gasteiger partial charge in [0.2, 0.25) is 5.95 Å². The summed E-state index contributed by atoms with van der Waals surface area (Å²) in [6.45, 7) is 11.9. The Morgan fingerprint density at radius 3 is 2.12 bits per heavy atom. The van der Waals surface area contributed by atoms with Crippen molar-refractivity contribution in [1.82, 2.24) is 9.55 Å². The zero-order valence-electron chi connectivity index (χ0n) is 20.0. The highest BCUT2D eigenvalue weighted by atomic mass is 16.7. The number of hydrogen-bond acceptors (Lipinski definition) is 6. The summed E-state index contributed by atoms with van der Waals surface area (Å²) in [6, 6.07) is 16.4. The van der Waals surface area contributed by atoms with Gasteiger partial charge < -0.3 is 23.7 Å². The zero-order valence-corrected chi connectivity index (χ0v) is 20.0. The molecule has 2 aromatic carbocycles. The molecule has 2 fully saturated rings. The van der Waals surface area contributed by atoms with Crippen LogP contribution in [0.3, 0.4) is 0 Å². The van der Waals surface area contributed by atoms with Crippen LogP contribution in [0.4, 0.5) is 11.6 Å². The van der Waals surface area contributed by atoms with Gasteiger partial charge in [0.1, 0.15) is 0 Å². The molecule has 3 heterocycles. The molecule has 0 saturated carbocycles. The highest BCUT2D eigenvalue weighted by Gasteiger charge is 2.51. The Labute approximate surface area is 195 Å². The monoisotopic (exact) mass is 443 g/mol. The fourth-order valence-electron chi connectivity index (χ4n) is 4.52. The maximum atomic E-state index is 9.20. The van der Waals surface area contributed by atoms with Crippen molar-refractivity contribution in [2.75, 3.05) is 36.0 Å². The molecule has 0 bridgehead atoms. The van der Waals surface area contributed by atoms with Crippen molar-refractivity contribution in [3.8, 4) is 6.07 Å². The van der Waals surface area contributed by atoms with Crippen LogP contribution < -0.4 is 15.3 Å². The van der Waals surface area contributed by atoms with Crippen LogP contribution in [0.25, 0.3) is 11.0 Å². The molecular formula is C25H30BN5O2. The summed E-state index contributed by atoms with van der Waals surface area (Å²) < 4.78 is 14.4. The largest absolute Gasteiger partial charge is 0.494 e. The number of imidazole rings is 1. The third kappa shape index (κ3) is 3.75. The van der Waals surface area contributed by atoms with E-state index in [1.165, 1.54) is 5.69 Å². The first-order valence-corrected chi connectivity index (χ1v) is 11.5. The topological polar surface area (TPSA) is 66.6 Å². The minimum absolute atomic E-state index is 0.333. The van der Waals surface area contributed by atoms with Crippen LogP contribution in [0.5, 0.6) is 0 Å². The molecule has 0 N–H and O–H groups in total. The molecule has 2 aliphatic heterocycles. The van der Waals surface area contributed by atoms with Gasteiger partial charge in [0.05, 0.1) is 33.9 Å². The van der Waals surface area contributed by atoms with Crippen LogP contribution in [0.1, 0.15) is 33.3 Å². The summed E-state index contributed by atoms with van der Waals surface area (Å²) >= 11 is 0. The van der Waals surface area contributed by atoms with E-state index < -0.39 is 0 Å². The Morgan fingerprint density at radius 1 is 0.909 bits per heavy atom. The lowest BCUT2D eigenvalue weighted by molar-refractivity contribution is 0.00578. The minimum atomic E-state index is -0.335. The highest BCUT2D eigenvalue weighted by Crippen LogP contribution is 2.36. The van der Waals surface area contributed by atoms with Crippen molar-refractivity contribution in [1.29, 1.82) is 5.26 Å². The van der Waals surface area contributed by atoms with Crippen molar-refractivity contribution >= 4 is 35.3 Å². The maximum absolute atomic E-state index is 9.20. The van der Waals surface area contributed by atoms with E-state index in [2.05, 4.69) is 72.4 Å². The molecule has 2 saturated heterocycles. The van der Waals surface area contributed by atoms with Crippen LogP contribution in [0.2, 0.25) is 0 Å². The van der Waals surface area contributed by atoms with E-state index in [-0.39, 0.29) is 18.3 Å². The first-order valence-electron chi connectivity index (χ1n) is 11.5. The molecule has 0 aliphatic carbocycles. The molecule has 2 aliphatic rings. The first kappa shape index (κ1) is 21.8. The molecule has 0 atom stereocenters. The van der Waals surface area contributed by atoms with E-state index >= 15 is 0 Å². The van der Waals surface area contributed by atoms with Gasteiger partial charge in [-0.15, -0.1) is 0 Å². The van der Waals surface area contributed by atoms with E-state index in [1.807, 2.05) is 25.2 Å². The normalized spacial score (nSPS) is 19.8. The number of hydrogen-bond donors (Lipinski definition) is 0. The van der Waals surface area contributed by atoms with Crippen LogP contribution in [0, 0.1) is 11.3 Å². The molecule has 0 unspecified atom stereocenters. The molecule has 1 aromatic heterocycles. The van der Waals surface area contributed by atoms with Crippen molar-refractivity contribution in [2.45, 2.75) is 38.9 Å². The SMILES string of the molecule is Cn1c(N2CCN(c3ccc(B4OC(C)(C)C(C)(C)O4)cc3)CC2)nc2ccc(C#N)cc21. The molecular weight excluding hydrogens is 413 g/mol. The molecule has 3 aromatic rings. The van der Waals surface area contributed by atoms with Gasteiger partial charge in [-0.1, -0.05) is 12.1 Å². The first-order chi connectivity index (χ1) is 15.7. The Balaban J connectivity index is 1.26. The average molecular weight is 443 g/mol. The fraction of sp³-hybridized carbons (Fsp3) is 0.440. The van der Waals surface area contributed by atoms with Gasteiger partial charge in [-0.2, -0.15) is 5.26 Å². The summed E-state index contributed by atoms with van der Waals surface area (Å²) in [5.41, 5.74) is 4.16. The standard InChI is InChI=1S/C25H30BN5O2/c1-24(2)25(3,4)33-26(32-24)19-7-9-20(10-8-19)30-12-14-31(15-13-30)23-28-21-11-6-18(17-27)16-22(21)29(23)5/h6-11,16H,12-15H2,1-5H3. The van der Waals surface area contributed by atoms with Crippen LogP contribution >= 0.6 is 0 Å². The molecule has 0 radical (unpaired) electrons. The number of benzene rings is 2. The molecule has 0 spiro atoms. The minimum Gasteiger partial charge on any atom is -0.399 e. The predicted octanol–water partition coefficient (Wildman–Crippen LogP) is 3.07. The van der Waals surface area contributed by atoms with Crippen LogP contribution in [-0.4, -0.2) is 54.1 Å². The average Bonchev–Trinajstić information content (AvgIpc) is 3.25. The van der Waals surface area contributed by atoms with E-state index in [9.17, 15) is 5.26 Å². The van der Waals surface area contributed by atoms with E-state index in [0.29, 0.717) is 5.56 Å². The fourth-order valence-corrected chi connectivity index (χ4v) is 4.52. The smallest absolute Gasteiger partial charge is 0.399 e. The molecule has 8 heteroatoms. The summed E-state index contributed by atoms with van der Waals surface area (Å²) in [5.74, 6) is 0.954. The lowest BCUT2D eigenvalue weighted by atomic mass is 9.79. The number of nitriles is 1. The molecule has 33 heavy (non-hydrogen) atoms. The molecule has 170 valence electrons. The second-order valence-corrected chi connectivity index (χ2v) is 9.94. The van der Waals surface area contributed by atoms with E-state index in [0.717, 1.165) is 48.6 Å². The van der Waals surface area contributed by atoms with Gasteiger partial charge in [0.15, 0.2) is 0 Å². The van der Waals surface area contributed by atoms with E-state index in [4.69, 9.17) is 14.3 Å². The number of aryl methyl sites for hydroxylation is 1. The van der Waals surface area contributed by atoms with Gasteiger partial charge in [-0.25, -0.2) is 4.98 Å². The number of nitrogens with zero attached hydrogens (tertiary/aromatic N) is 5. The van der Waals surface area contributed by atoms with E-state index in [1.54, 1.807) is 0 Å². The zero-order chi connectivity index (χ0) is 23.4. The molecule has 0 amide bonds. The number of aromatic nitrogens is 2. The Hall–Kier alpha value is -3.02. The summed E-state index contributed by atoms with van der Waals surface area (Å²) in [5, 5.41) is 9.20. The van der Waals surface area contributed by atoms with Gasteiger partial charge in [0.25, 0.3) is 0 Å². The number of fused-ring (bicyclic) bond motifs is 1. The van der Waals surface area contributed by atoms with Crippen LogP contribution in [0.15, 0.2) is 42.5 Å². The van der Waals surface area contributed by atoms with Crippen molar-refractivity contribution in [2.24, 2.45) is 7.05 Å². The van der Waals surface area contributed by atoms with Gasteiger partial charge in [-0.3, -0.25) is 0 Å². The lowest BCUT2D eigenvalue weighted by Gasteiger charge is -2.36. The molecule has 7 nitrogen and oxygen atoms in total. The lowest BCUT2D eigenvalue weighted by Crippen LogP contribution is -2.47. The number of anilines is 2. The summed E-state index contributed by atoms with van der Waals surface area (Å²) in [6.07, 6.45) is 0. The third-order valence-corrected chi connectivity index (χ3v) is 7.33. The van der Waals surface area contributed by atoms with Crippen molar-refractivity contribution < 1.29 is 9.31 Å².